The summed E-state index contributed by atoms with van der Waals surface area (Å²) in [7, 11) is 0. The number of rotatable bonds is 7. The van der Waals surface area contributed by atoms with Crippen LogP contribution in [0.15, 0.2) is 47.9 Å². The Morgan fingerprint density at radius 1 is 1.03 bits per heavy atom. The molecule has 0 radical (unpaired) electrons. The van der Waals surface area contributed by atoms with Crippen molar-refractivity contribution in [2.45, 2.75) is 38.5 Å². The Morgan fingerprint density at radius 3 is 2.56 bits per heavy atom. The number of carbonyl (C=O) groups excluding carboxylic acids is 2. The van der Waals surface area contributed by atoms with Gasteiger partial charge in [0.15, 0.2) is 0 Å². The third kappa shape index (κ3) is 6.30. The molecule has 0 atom stereocenters. The fraction of sp³-hybridized carbons (Fsp3) is 0.480. The Balaban J connectivity index is 1.25. The highest BCUT2D eigenvalue weighted by Crippen LogP contribution is 2.26. The number of urea groups is 1. The van der Waals surface area contributed by atoms with Crippen LogP contribution in [0, 0.1) is 10.8 Å². The maximum absolute atomic E-state index is 13.0. The molecule has 1 aromatic heterocycles. The summed E-state index contributed by atoms with van der Waals surface area (Å²) < 4.78 is 5.95. The summed E-state index contributed by atoms with van der Waals surface area (Å²) in [5.41, 5.74) is 1.15. The molecule has 4 rings (SSSR count). The van der Waals surface area contributed by atoms with Crippen LogP contribution in [0.2, 0.25) is 0 Å². The Morgan fingerprint density at radius 2 is 1.79 bits per heavy atom. The molecule has 1 aromatic carbocycles. The van der Waals surface area contributed by atoms with Crippen molar-refractivity contribution in [1.29, 1.82) is 0 Å². The number of nitrogens with zero attached hydrogens (tertiary/aromatic N) is 4. The van der Waals surface area contributed by atoms with E-state index in [1.807, 2.05) is 18.2 Å². The van der Waals surface area contributed by atoms with Gasteiger partial charge in [-0.05, 0) is 41.8 Å². The number of pyridine rings is 1. The maximum Gasteiger partial charge on any atom is 0.322 e. The van der Waals surface area contributed by atoms with Gasteiger partial charge in [0.1, 0.15) is 11.4 Å². The van der Waals surface area contributed by atoms with Gasteiger partial charge >= 0.3 is 6.03 Å². The van der Waals surface area contributed by atoms with E-state index in [0.29, 0.717) is 44.0 Å². The quantitative estimate of drug-likeness (QED) is 0.591. The summed E-state index contributed by atoms with van der Waals surface area (Å²) >= 11 is 0. The first-order valence-electron chi connectivity index (χ1n) is 12.0. The molecule has 1 aliphatic heterocycles. The average Bonchev–Trinajstić information content (AvgIpc) is 2.89. The van der Waals surface area contributed by atoms with Gasteiger partial charge in [0.05, 0.1) is 24.7 Å². The second kappa shape index (κ2) is 11.6. The predicted octanol–water partition coefficient (Wildman–Crippen LogP) is 4.82. The summed E-state index contributed by atoms with van der Waals surface area (Å²) in [6, 6.07) is 8.51. The standard InChI is InChI=1S/C25H31N5O4/c31-24(20-7-4-8-23(15-20)34-14-9-19-5-2-1-3-6-19)29-10-12-30(13-11-29)25(32)27-21-16-22(28-33)18-26-17-21/h4,7-8,15-19H,1-3,5-6,9-14H2,(H,27,32). The summed E-state index contributed by atoms with van der Waals surface area (Å²) in [5.74, 6) is 1.42. The molecule has 0 spiro atoms. The third-order valence-electron chi connectivity index (χ3n) is 6.54. The van der Waals surface area contributed by atoms with Crippen LogP contribution >= 0.6 is 0 Å². The molecule has 1 saturated carbocycles. The molecule has 0 bridgehead atoms. The zero-order valence-electron chi connectivity index (χ0n) is 19.3. The Hall–Kier alpha value is -3.49. The highest BCUT2D eigenvalue weighted by molar-refractivity contribution is 5.95. The molecule has 9 nitrogen and oxygen atoms in total. The number of nitroso groups, excluding NO2 is 1. The van der Waals surface area contributed by atoms with Crippen molar-refractivity contribution < 1.29 is 14.3 Å². The van der Waals surface area contributed by atoms with Gasteiger partial charge in [-0.2, -0.15) is 0 Å². The van der Waals surface area contributed by atoms with E-state index in [9.17, 15) is 14.5 Å². The van der Waals surface area contributed by atoms with E-state index in [1.165, 1.54) is 50.6 Å². The number of hydrogen-bond acceptors (Lipinski definition) is 6. The minimum Gasteiger partial charge on any atom is -0.494 e. The van der Waals surface area contributed by atoms with Crippen molar-refractivity contribution in [3.05, 3.63) is 53.2 Å². The van der Waals surface area contributed by atoms with E-state index >= 15 is 0 Å². The second-order valence-corrected chi connectivity index (χ2v) is 8.90. The van der Waals surface area contributed by atoms with E-state index in [2.05, 4.69) is 15.5 Å². The van der Waals surface area contributed by atoms with Gasteiger partial charge in [-0.3, -0.25) is 9.78 Å². The molecule has 1 aliphatic carbocycles. The minimum absolute atomic E-state index is 0.0632. The first kappa shape index (κ1) is 23.7. The smallest absolute Gasteiger partial charge is 0.322 e. The number of hydrogen-bond donors (Lipinski definition) is 1. The van der Waals surface area contributed by atoms with Crippen LogP contribution in [-0.4, -0.2) is 59.5 Å². The summed E-state index contributed by atoms with van der Waals surface area (Å²) in [6.45, 7) is 2.38. The number of piperazine rings is 1. The number of aromatic nitrogens is 1. The van der Waals surface area contributed by atoms with Crippen LogP contribution < -0.4 is 10.1 Å². The van der Waals surface area contributed by atoms with Crippen LogP contribution in [0.3, 0.4) is 0 Å². The normalized spacial score (nSPS) is 16.7. The topological polar surface area (TPSA) is 104 Å². The van der Waals surface area contributed by atoms with Crippen molar-refractivity contribution in [1.82, 2.24) is 14.8 Å². The SMILES string of the molecule is O=Nc1cncc(NC(=O)N2CCN(C(=O)c3cccc(OCCC4CCCCC4)c3)CC2)c1. The van der Waals surface area contributed by atoms with Crippen LogP contribution in [0.25, 0.3) is 0 Å². The van der Waals surface area contributed by atoms with Gasteiger partial charge in [0.25, 0.3) is 5.91 Å². The van der Waals surface area contributed by atoms with Gasteiger partial charge in [-0.25, -0.2) is 4.79 Å². The van der Waals surface area contributed by atoms with Crippen molar-refractivity contribution >= 4 is 23.3 Å². The first-order valence-corrected chi connectivity index (χ1v) is 12.0. The molecule has 9 heteroatoms. The lowest BCUT2D eigenvalue weighted by Crippen LogP contribution is -2.51. The molecule has 2 aliphatic rings. The Bertz CT molecular complexity index is 1000. The van der Waals surface area contributed by atoms with Crippen LogP contribution in [-0.2, 0) is 0 Å². The van der Waals surface area contributed by atoms with Gasteiger partial charge in [0.2, 0.25) is 0 Å². The van der Waals surface area contributed by atoms with E-state index in [4.69, 9.17) is 4.74 Å². The first-order chi connectivity index (χ1) is 16.6. The van der Waals surface area contributed by atoms with Crippen molar-refractivity contribution in [2.75, 3.05) is 38.1 Å². The zero-order chi connectivity index (χ0) is 23.8. The van der Waals surface area contributed by atoms with Crippen LogP contribution in [0.1, 0.15) is 48.9 Å². The molecule has 2 aromatic rings. The van der Waals surface area contributed by atoms with E-state index in [0.717, 1.165) is 18.1 Å². The molecule has 1 N–H and O–H groups in total. The fourth-order valence-electron chi connectivity index (χ4n) is 4.58. The molecular weight excluding hydrogens is 434 g/mol. The predicted molar refractivity (Wildman–Crippen MR) is 129 cm³/mol. The van der Waals surface area contributed by atoms with E-state index < -0.39 is 0 Å². The largest absolute Gasteiger partial charge is 0.494 e. The molecule has 2 fully saturated rings. The van der Waals surface area contributed by atoms with Crippen molar-refractivity contribution in [3.63, 3.8) is 0 Å². The fourth-order valence-corrected chi connectivity index (χ4v) is 4.58. The molecule has 2 heterocycles. The Kier molecular flexibility index (Phi) is 8.06. The molecule has 180 valence electrons. The summed E-state index contributed by atoms with van der Waals surface area (Å²) in [6.07, 6.45) is 10.4. The van der Waals surface area contributed by atoms with E-state index in [1.54, 1.807) is 15.9 Å². The number of carbonyl (C=O) groups is 2. The maximum atomic E-state index is 13.0. The monoisotopic (exact) mass is 465 g/mol. The van der Waals surface area contributed by atoms with Gasteiger partial charge in [0, 0.05) is 31.7 Å². The molecule has 3 amide bonds. The molecule has 0 unspecified atom stereocenters. The molecule has 1 saturated heterocycles. The third-order valence-corrected chi connectivity index (χ3v) is 6.54. The lowest BCUT2D eigenvalue weighted by atomic mass is 9.87. The van der Waals surface area contributed by atoms with Crippen LogP contribution in [0.4, 0.5) is 16.2 Å². The van der Waals surface area contributed by atoms with Crippen LogP contribution in [0.5, 0.6) is 5.75 Å². The average molecular weight is 466 g/mol. The highest BCUT2D eigenvalue weighted by Gasteiger charge is 2.25. The molecular formula is C25H31N5O4. The Labute approximate surface area is 199 Å². The lowest BCUT2D eigenvalue weighted by molar-refractivity contribution is 0.0671. The number of nitrogens with one attached hydrogen (secondary N) is 1. The molecule has 34 heavy (non-hydrogen) atoms. The number of benzene rings is 1. The van der Waals surface area contributed by atoms with Gasteiger partial charge in [-0.15, -0.1) is 4.91 Å². The highest BCUT2D eigenvalue weighted by atomic mass is 16.5. The van der Waals surface area contributed by atoms with Crippen molar-refractivity contribution in [2.24, 2.45) is 11.1 Å². The summed E-state index contributed by atoms with van der Waals surface area (Å²) in [5, 5.41) is 5.54. The minimum atomic E-state index is -0.301. The van der Waals surface area contributed by atoms with Gasteiger partial charge in [-0.1, -0.05) is 38.2 Å². The number of anilines is 1. The van der Waals surface area contributed by atoms with E-state index in [-0.39, 0.29) is 17.6 Å². The lowest BCUT2D eigenvalue weighted by Gasteiger charge is -2.34. The zero-order valence-corrected chi connectivity index (χ0v) is 19.3. The second-order valence-electron chi connectivity index (χ2n) is 8.90. The van der Waals surface area contributed by atoms with Gasteiger partial charge < -0.3 is 19.9 Å². The number of amides is 3. The summed E-state index contributed by atoms with van der Waals surface area (Å²) in [4.78, 5) is 43.5. The number of ether oxygens (including phenoxy) is 1. The van der Waals surface area contributed by atoms with Crippen molar-refractivity contribution in [3.8, 4) is 5.75 Å².